The number of aromatic nitrogens is 1. The molecule has 0 atom stereocenters. The Labute approximate surface area is 134 Å². The highest BCUT2D eigenvalue weighted by Gasteiger charge is 2.24. The van der Waals surface area contributed by atoms with E-state index in [9.17, 15) is 9.59 Å². The number of pyridine rings is 1. The molecule has 2 heterocycles. The lowest BCUT2D eigenvalue weighted by Crippen LogP contribution is -2.36. The summed E-state index contributed by atoms with van der Waals surface area (Å²) in [4.78, 5) is 29.9. The van der Waals surface area contributed by atoms with E-state index in [1.807, 2.05) is 12.1 Å². The zero-order valence-corrected chi connectivity index (χ0v) is 12.7. The second-order valence-electron chi connectivity index (χ2n) is 5.37. The normalized spacial score (nSPS) is 13.3. The van der Waals surface area contributed by atoms with Crippen LogP contribution in [0.25, 0.3) is 0 Å². The molecular weight excluding hydrogens is 292 g/mol. The summed E-state index contributed by atoms with van der Waals surface area (Å²) in [6.45, 7) is 0.609. The number of nitrogens with zero attached hydrogens (tertiary/aromatic N) is 2. The molecule has 1 aliphatic rings. The molecule has 1 aliphatic heterocycles. The molecule has 0 aliphatic carbocycles. The maximum atomic E-state index is 12.6. The summed E-state index contributed by atoms with van der Waals surface area (Å²) in [5, 5.41) is 2.74. The molecule has 2 amide bonds. The van der Waals surface area contributed by atoms with E-state index in [0.29, 0.717) is 17.9 Å². The van der Waals surface area contributed by atoms with Crippen LogP contribution in [0.5, 0.6) is 0 Å². The van der Waals surface area contributed by atoms with Gasteiger partial charge in [0.05, 0.1) is 6.54 Å². The van der Waals surface area contributed by atoms with Crippen molar-refractivity contribution in [1.82, 2.24) is 4.98 Å². The molecule has 0 fully saturated rings. The molecule has 0 saturated carbocycles. The molecule has 0 unspecified atom stereocenters. The van der Waals surface area contributed by atoms with E-state index in [-0.39, 0.29) is 18.4 Å². The van der Waals surface area contributed by atoms with Crippen LogP contribution in [0, 0.1) is 0 Å². The minimum absolute atomic E-state index is 0.0542. The quantitative estimate of drug-likeness (QED) is 0.900. The van der Waals surface area contributed by atoms with Gasteiger partial charge in [0, 0.05) is 24.1 Å². The van der Waals surface area contributed by atoms with Crippen molar-refractivity contribution in [2.24, 2.45) is 5.73 Å². The number of nitrogens with two attached hydrogens (primary N) is 1. The number of carbonyl (C=O) groups is 2. The summed E-state index contributed by atoms with van der Waals surface area (Å²) in [5.74, 6) is -0.340. The summed E-state index contributed by atoms with van der Waals surface area (Å²) in [6.07, 6.45) is 3.36. The summed E-state index contributed by atoms with van der Waals surface area (Å²) < 4.78 is 0. The first-order valence-corrected chi connectivity index (χ1v) is 7.55. The highest BCUT2D eigenvalue weighted by Crippen LogP contribution is 2.30. The predicted octanol–water partition coefficient (Wildman–Crippen LogP) is 1.57. The van der Waals surface area contributed by atoms with Crippen LogP contribution in [0.4, 0.5) is 11.4 Å². The average Bonchev–Trinajstić information content (AvgIpc) is 2.61. The van der Waals surface area contributed by atoms with Crippen LogP contribution in [-0.2, 0) is 11.2 Å². The Morgan fingerprint density at radius 3 is 2.87 bits per heavy atom. The van der Waals surface area contributed by atoms with Gasteiger partial charge in [0.2, 0.25) is 5.91 Å². The van der Waals surface area contributed by atoms with Gasteiger partial charge in [0.25, 0.3) is 5.91 Å². The number of nitrogens with one attached hydrogen (secondary N) is 1. The van der Waals surface area contributed by atoms with E-state index >= 15 is 0 Å². The first kappa shape index (κ1) is 15.2. The molecule has 23 heavy (non-hydrogen) atoms. The van der Waals surface area contributed by atoms with Crippen LogP contribution in [0.15, 0.2) is 42.6 Å². The summed E-state index contributed by atoms with van der Waals surface area (Å²) in [7, 11) is 0. The number of benzene rings is 1. The third kappa shape index (κ3) is 3.22. The van der Waals surface area contributed by atoms with Crippen LogP contribution in [-0.4, -0.2) is 29.9 Å². The van der Waals surface area contributed by atoms with E-state index in [0.717, 1.165) is 24.1 Å². The van der Waals surface area contributed by atoms with E-state index in [2.05, 4.69) is 10.3 Å². The lowest BCUT2D eigenvalue weighted by Gasteiger charge is -2.29. The number of anilines is 2. The number of hydrogen-bond acceptors (Lipinski definition) is 4. The molecule has 1 aromatic carbocycles. The zero-order valence-electron chi connectivity index (χ0n) is 12.7. The Hall–Kier alpha value is -2.73. The monoisotopic (exact) mass is 310 g/mol. The number of fused-ring (bicyclic) bond motifs is 1. The molecule has 6 heteroatoms. The molecule has 0 saturated heterocycles. The molecule has 2 aromatic rings. The van der Waals surface area contributed by atoms with Crippen molar-refractivity contribution in [3.63, 3.8) is 0 Å². The average molecular weight is 310 g/mol. The summed E-state index contributed by atoms with van der Waals surface area (Å²) in [6, 6.07) is 10.9. The van der Waals surface area contributed by atoms with E-state index in [4.69, 9.17) is 5.73 Å². The van der Waals surface area contributed by atoms with Crippen LogP contribution in [0.3, 0.4) is 0 Å². The van der Waals surface area contributed by atoms with Crippen molar-refractivity contribution in [2.45, 2.75) is 12.8 Å². The zero-order chi connectivity index (χ0) is 16.2. The Morgan fingerprint density at radius 2 is 2.13 bits per heavy atom. The first-order valence-electron chi connectivity index (χ1n) is 7.55. The van der Waals surface area contributed by atoms with E-state index < -0.39 is 0 Å². The molecule has 0 bridgehead atoms. The summed E-state index contributed by atoms with van der Waals surface area (Å²) in [5.41, 5.74) is 8.35. The molecule has 6 nitrogen and oxygen atoms in total. The van der Waals surface area contributed by atoms with Crippen LogP contribution < -0.4 is 16.0 Å². The maximum Gasteiger partial charge on any atom is 0.276 e. The van der Waals surface area contributed by atoms with Crippen molar-refractivity contribution in [2.75, 3.05) is 23.3 Å². The number of hydrogen-bond donors (Lipinski definition) is 2. The van der Waals surface area contributed by atoms with Crippen LogP contribution >= 0.6 is 0 Å². The minimum atomic E-state index is -0.234. The van der Waals surface area contributed by atoms with Crippen LogP contribution in [0.2, 0.25) is 0 Å². The summed E-state index contributed by atoms with van der Waals surface area (Å²) >= 11 is 0. The van der Waals surface area contributed by atoms with Crippen LogP contribution in [0.1, 0.15) is 22.5 Å². The van der Waals surface area contributed by atoms with E-state index in [1.165, 1.54) is 0 Å². The second-order valence-corrected chi connectivity index (χ2v) is 5.37. The van der Waals surface area contributed by atoms with Gasteiger partial charge < -0.3 is 16.0 Å². The van der Waals surface area contributed by atoms with E-state index in [1.54, 1.807) is 35.4 Å². The maximum absolute atomic E-state index is 12.6. The lowest BCUT2D eigenvalue weighted by molar-refractivity contribution is -0.114. The second kappa shape index (κ2) is 6.58. The van der Waals surface area contributed by atoms with Crippen molar-refractivity contribution in [3.8, 4) is 0 Å². The van der Waals surface area contributed by atoms with Gasteiger partial charge in [-0.3, -0.25) is 14.6 Å². The fraction of sp³-hybridized carbons (Fsp3) is 0.235. The lowest BCUT2D eigenvalue weighted by atomic mass is 10.0. The van der Waals surface area contributed by atoms with Gasteiger partial charge in [0.1, 0.15) is 5.69 Å². The minimum Gasteiger partial charge on any atom is -0.325 e. The van der Waals surface area contributed by atoms with Gasteiger partial charge in [0.15, 0.2) is 0 Å². The number of carbonyl (C=O) groups excluding carboxylic acids is 2. The fourth-order valence-corrected chi connectivity index (χ4v) is 2.73. The van der Waals surface area contributed by atoms with Gasteiger partial charge in [-0.2, -0.15) is 0 Å². The Bertz CT molecular complexity index is 731. The van der Waals surface area contributed by atoms with Crippen molar-refractivity contribution >= 4 is 23.2 Å². The number of aryl methyl sites for hydroxylation is 1. The molecule has 1 aromatic heterocycles. The predicted molar refractivity (Wildman–Crippen MR) is 88.4 cm³/mol. The molecule has 118 valence electrons. The first-order chi connectivity index (χ1) is 11.2. The van der Waals surface area contributed by atoms with Crippen molar-refractivity contribution in [1.29, 1.82) is 0 Å². The Kier molecular flexibility index (Phi) is 4.34. The third-order valence-corrected chi connectivity index (χ3v) is 3.80. The number of amides is 2. The van der Waals surface area contributed by atoms with Gasteiger partial charge >= 0.3 is 0 Å². The third-order valence-electron chi connectivity index (χ3n) is 3.80. The molecule has 3 rings (SSSR count). The molecular formula is C17H18N4O2. The Balaban J connectivity index is 1.88. The van der Waals surface area contributed by atoms with Crippen molar-refractivity contribution < 1.29 is 9.59 Å². The highest BCUT2D eigenvalue weighted by atomic mass is 16.2. The fourth-order valence-electron chi connectivity index (χ4n) is 2.73. The van der Waals surface area contributed by atoms with Gasteiger partial charge in [-0.15, -0.1) is 0 Å². The largest absolute Gasteiger partial charge is 0.325 e. The highest BCUT2D eigenvalue weighted by molar-refractivity contribution is 6.05. The van der Waals surface area contributed by atoms with Gasteiger partial charge in [-0.05, 0) is 48.7 Å². The smallest absolute Gasteiger partial charge is 0.276 e. The molecule has 0 spiro atoms. The molecule has 0 radical (unpaired) electrons. The van der Waals surface area contributed by atoms with Gasteiger partial charge in [-0.1, -0.05) is 6.07 Å². The number of rotatable bonds is 3. The topological polar surface area (TPSA) is 88.3 Å². The van der Waals surface area contributed by atoms with Crippen molar-refractivity contribution in [3.05, 3.63) is 53.9 Å². The molecule has 3 N–H and O–H groups in total. The SMILES string of the molecule is NCC(=O)Nc1ccc2c(c1)CCCN2C(=O)c1ccccn1. The van der Waals surface area contributed by atoms with Gasteiger partial charge in [-0.25, -0.2) is 0 Å². The standard InChI is InChI=1S/C17H18N4O2/c18-11-16(22)20-13-6-7-15-12(10-13)4-3-9-21(15)17(23)14-5-1-2-8-19-14/h1-2,5-8,10H,3-4,9,11,18H2,(H,20,22). The Morgan fingerprint density at radius 1 is 1.26 bits per heavy atom.